The van der Waals surface area contributed by atoms with Crippen molar-refractivity contribution in [3.63, 3.8) is 0 Å². The zero-order valence-electron chi connectivity index (χ0n) is 15.5. The molecular formula is C20H24N6O. The molecule has 0 atom stereocenters. The van der Waals surface area contributed by atoms with Gasteiger partial charge in [0.25, 0.3) is 0 Å². The van der Waals surface area contributed by atoms with Crippen LogP contribution >= 0.6 is 0 Å². The summed E-state index contributed by atoms with van der Waals surface area (Å²) >= 11 is 0. The van der Waals surface area contributed by atoms with Crippen LogP contribution in [0.25, 0.3) is 11.3 Å². The van der Waals surface area contributed by atoms with E-state index < -0.39 is 0 Å². The van der Waals surface area contributed by atoms with Gasteiger partial charge < -0.3 is 15.0 Å². The summed E-state index contributed by atoms with van der Waals surface area (Å²) in [5, 5.41) is 10.7. The van der Waals surface area contributed by atoms with Gasteiger partial charge in [0.05, 0.1) is 18.9 Å². The van der Waals surface area contributed by atoms with Crippen molar-refractivity contribution in [1.82, 2.24) is 20.2 Å². The maximum atomic E-state index is 5.39. The summed E-state index contributed by atoms with van der Waals surface area (Å²) in [5.74, 6) is 2.17. The van der Waals surface area contributed by atoms with Gasteiger partial charge in [-0.1, -0.05) is 37.6 Å². The molecule has 1 aliphatic heterocycles. The lowest BCUT2D eigenvalue weighted by Crippen LogP contribution is -2.37. The summed E-state index contributed by atoms with van der Waals surface area (Å²) in [6, 6.07) is 12.4. The molecule has 0 spiro atoms. The molecule has 2 aromatic heterocycles. The second-order valence-corrected chi connectivity index (χ2v) is 6.58. The van der Waals surface area contributed by atoms with Crippen LogP contribution in [0.1, 0.15) is 18.9 Å². The minimum Gasteiger partial charge on any atom is -0.378 e. The van der Waals surface area contributed by atoms with Crippen LogP contribution in [0.15, 0.2) is 42.6 Å². The minimum absolute atomic E-state index is 0.709. The summed E-state index contributed by atoms with van der Waals surface area (Å²) < 4.78 is 5.39. The Balaban J connectivity index is 1.46. The highest BCUT2D eigenvalue weighted by Crippen LogP contribution is 2.23. The van der Waals surface area contributed by atoms with Crippen molar-refractivity contribution in [2.24, 2.45) is 0 Å². The van der Waals surface area contributed by atoms with Crippen LogP contribution in [-0.2, 0) is 11.2 Å². The lowest BCUT2D eigenvalue weighted by Gasteiger charge is -2.26. The summed E-state index contributed by atoms with van der Waals surface area (Å²) in [6.45, 7) is 5.23. The molecule has 0 amide bonds. The van der Waals surface area contributed by atoms with Crippen LogP contribution < -0.4 is 10.2 Å². The minimum atomic E-state index is 0.709. The number of aromatic amines is 1. The third-order valence-corrected chi connectivity index (χ3v) is 4.57. The molecule has 0 saturated carbocycles. The zero-order valence-corrected chi connectivity index (χ0v) is 15.5. The Hall–Kier alpha value is -2.93. The molecule has 1 saturated heterocycles. The Kier molecular flexibility index (Phi) is 5.29. The van der Waals surface area contributed by atoms with Gasteiger partial charge in [0, 0.05) is 25.4 Å². The Bertz CT molecular complexity index is 870. The third kappa shape index (κ3) is 4.25. The van der Waals surface area contributed by atoms with Gasteiger partial charge >= 0.3 is 0 Å². The Morgan fingerprint density at radius 1 is 1.11 bits per heavy atom. The van der Waals surface area contributed by atoms with Crippen molar-refractivity contribution < 1.29 is 4.74 Å². The third-order valence-electron chi connectivity index (χ3n) is 4.57. The molecule has 4 rings (SSSR count). The fourth-order valence-corrected chi connectivity index (χ4v) is 3.14. The van der Waals surface area contributed by atoms with Gasteiger partial charge in [-0.2, -0.15) is 10.1 Å². The first-order valence-corrected chi connectivity index (χ1v) is 9.39. The quantitative estimate of drug-likeness (QED) is 0.698. The van der Waals surface area contributed by atoms with E-state index in [0.29, 0.717) is 19.2 Å². The Morgan fingerprint density at radius 3 is 2.70 bits per heavy atom. The summed E-state index contributed by atoms with van der Waals surface area (Å²) in [7, 11) is 0. The molecule has 140 valence electrons. The Morgan fingerprint density at radius 2 is 1.93 bits per heavy atom. The summed E-state index contributed by atoms with van der Waals surface area (Å²) in [5.41, 5.74) is 3.45. The number of nitrogens with one attached hydrogen (secondary N) is 2. The van der Waals surface area contributed by atoms with Crippen LogP contribution in [0, 0.1) is 0 Å². The lowest BCUT2D eigenvalue weighted by molar-refractivity contribution is 0.122. The molecule has 1 aliphatic rings. The number of morpholine rings is 1. The maximum Gasteiger partial charge on any atom is 0.227 e. The van der Waals surface area contributed by atoms with Crippen LogP contribution in [0.2, 0.25) is 0 Å². The van der Waals surface area contributed by atoms with Crippen molar-refractivity contribution in [3.05, 3.63) is 48.2 Å². The SMILES string of the molecule is CCCc1ccc(-c2cc(Nc3ccnc(N4CCOCC4)n3)n[nH]2)cc1. The standard InChI is InChI=1S/C20H24N6O/c1-2-3-15-4-6-16(7-5-15)17-14-19(25-24-17)22-18-8-9-21-20(23-18)26-10-12-27-13-11-26/h4-9,14H,2-3,10-13H2,1H3,(H2,21,22,23,24,25). The van der Waals surface area contributed by atoms with Crippen molar-refractivity contribution in [2.75, 3.05) is 36.5 Å². The van der Waals surface area contributed by atoms with Crippen molar-refractivity contribution in [2.45, 2.75) is 19.8 Å². The molecule has 0 bridgehead atoms. The van der Waals surface area contributed by atoms with Gasteiger partial charge in [0.2, 0.25) is 5.95 Å². The van der Waals surface area contributed by atoms with E-state index in [1.54, 1.807) is 6.20 Å². The van der Waals surface area contributed by atoms with E-state index >= 15 is 0 Å². The molecule has 1 fully saturated rings. The van der Waals surface area contributed by atoms with E-state index in [-0.39, 0.29) is 0 Å². The van der Waals surface area contributed by atoms with Gasteiger partial charge in [-0.25, -0.2) is 4.98 Å². The molecule has 7 nitrogen and oxygen atoms in total. The number of ether oxygens (including phenoxy) is 1. The van der Waals surface area contributed by atoms with E-state index in [4.69, 9.17) is 4.74 Å². The lowest BCUT2D eigenvalue weighted by atomic mass is 10.1. The number of hydrogen-bond acceptors (Lipinski definition) is 6. The highest BCUT2D eigenvalue weighted by molar-refractivity contribution is 5.65. The van der Waals surface area contributed by atoms with Crippen LogP contribution in [0.3, 0.4) is 0 Å². The van der Waals surface area contributed by atoms with Gasteiger partial charge in [-0.3, -0.25) is 5.10 Å². The molecule has 27 heavy (non-hydrogen) atoms. The number of aryl methyl sites for hydroxylation is 1. The number of anilines is 3. The van der Waals surface area contributed by atoms with Gasteiger partial charge in [-0.05, 0) is 23.6 Å². The second kappa shape index (κ2) is 8.18. The van der Waals surface area contributed by atoms with Crippen molar-refractivity contribution in [3.8, 4) is 11.3 Å². The van der Waals surface area contributed by atoms with E-state index in [2.05, 4.69) is 61.6 Å². The highest BCUT2D eigenvalue weighted by atomic mass is 16.5. The second-order valence-electron chi connectivity index (χ2n) is 6.58. The van der Waals surface area contributed by atoms with Crippen molar-refractivity contribution >= 4 is 17.6 Å². The van der Waals surface area contributed by atoms with Gasteiger partial charge in [-0.15, -0.1) is 0 Å². The number of hydrogen-bond donors (Lipinski definition) is 2. The first kappa shape index (κ1) is 17.5. The number of H-pyrrole nitrogens is 1. The molecule has 3 heterocycles. The van der Waals surface area contributed by atoms with E-state index in [1.807, 2.05) is 12.1 Å². The van der Waals surface area contributed by atoms with Crippen LogP contribution in [0.5, 0.6) is 0 Å². The fourth-order valence-electron chi connectivity index (χ4n) is 3.14. The molecule has 3 aromatic rings. The molecular weight excluding hydrogens is 340 g/mol. The van der Waals surface area contributed by atoms with E-state index in [1.165, 1.54) is 5.56 Å². The predicted molar refractivity (Wildman–Crippen MR) is 106 cm³/mol. The van der Waals surface area contributed by atoms with Gasteiger partial charge in [0.15, 0.2) is 5.82 Å². The first-order chi connectivity index (χ1) is 13.3. The largest absolute Gasteiger partial charge is 0.378 e. The molecule has 1 aromatic carbocycles. The molecule has 2 N–H and O–H groups in total. The highest BCUT2D eigenvalue weighted by Gasteiger charge is 2.14. The molecule has 0 unspecified atom stereocenters. The number of nitrogens with zero attached hydrogens (tertiary/aromatic N) is 4. The summed E-state index contributed by atoms with van der Waals surface area (Å²) in [6.07, 6.45) is 4.03. The van der Waals surface area contributed by atoms with E-state index in [0.717, 1.165) is 48.8 Å². The fraction of sp³-hybridized carbons (Fsp3) is 0.350. The zero-order chi connectivity index (χ0) is 18.5. The van der Waals surface area contributed by atoms with Crippen LogP contribution in [0.4, 0.5) is 17.6 Å². The molecule has 0 radical (unpaired) electrons. The normalized spacial score (nSPS) is 14.3. The average Bonchev–Trinajstić information content (AvgIpc) is 3.18. The molecule has 7 heteroatoms. The summed E-state index contributed by atoms with van der Waals surface area (Å²) in [4.78, 5) is 11.1. The number of rotatable bonds is 6. The number of benzene rings is 1. The van der Waals surface area contributed by atoms with Gasteiger partial charge in [0.1, 0.15) is 5.82 Å². The maximum absolute atomic E-state index is 5.39. The number of aromatic nitrogens is 4. The Labute approximate surface area is 158 Å². The first-order valence-electron chi connectivity index (χ1n) is 9.39. The average molecular weight is 364 g/mol. The smallest absolute Gasteiger partial charge is 0.227 e. The topological polar surface area (TPSA) is 79.0 Å². The van der Waals surface area contributed by atoms with E-state index in [9.17, 15) is 0 Å². The van der Waals surface area contributed by atoms with Crippen molar-refractivity contribution in [1.29, 1.82) is 0 Å². The van der Waals surface area contributed by atoms with Crippen LogP contribution in [-0.4, -0.2) is 46.5 Å². The molecule has 0 aliphatic carbocycles. The monoisotopic (exact) mass is 364 g/mol. The predicted octanol–water partition coefficient (Wildman–Crippen LogP) is 3.40.